The molecule has 6 nitrogen and oxygen atoms in total. The van der Waals surface area contributed by atoms with Gasteiger partial charge in [0.2, 0.25) is 5.89 Å². The zero-order chi connectivity index (χ0) is 12.3. The van der Waals surface area contributed by atoms with Gasteiger partial charge < -0.3 is 9.84 Å². The zero-order valence-corrected chi connectivity index (χ0v) is 10.7. The van der Waals surface area contributed by atoms with E-state index in [0.717, 1.165) is 12.8 Å². The Balaban J connectivity index is 1.75. The molecule has 2 heterocycles. The molecule has 0 amide bonds. The summed E-state index contributed by atoms with van der Waals surface area (Å²) in [6.45, 7) is 2.44. The Morgan fingerprint density at radius 3 is 3.00 bits per heavy atom. The fourth-order valence-electron chi connectivity index (χ4n) is 2.01. The third kappa shape index (κ3) is 3.78. The number of nitrogens with one attached hydrogen (secondary N) is 1. The Morgan fingerprint density at radius 2 is 2.35 bits per heavy atom. The number of aromatic nitrogens is 2. The standard InChI is InChI=1S/C10H17N3O3S/c1-8-12-10(16-13-8)4-5-11-9-3-2-6-17(14,15)7-9/h9,11H,2-7H2,1H3. The van der Waals surface area contributed by atoms with Crippen LogP contribution in [0.3, 0.4) is 0 Å². The van der Waals surface area contributed by atoms with Crippen molar-refractivity contribution in [2.75, 3.05) is 18.1 Å². The summed E-state index contributed by atoms with van der Waals surface area (Å²) in [5.74, 6) is 1.79. The van der Waals surface area contributed by atoms with Crippen molar-refractivity contribution >= 4 is 9.84 Å². The molecule has 0 radical (unpaired) electrons. The fourth-order valence-corrected chi connectivity index (χ4v) is 3.68. The largest absolute Gasteiger partial charge is 0.339 e. The van der Waals surface area contributed by atoms with Crippen molar-refractivity contribution in [2.24, 2.45) is 0 Å². The summed E-state index contributed by atoms with van der Waals surface area (Å²) < 4.78 is 27.8. The van der Waals surface area contributed by atoms with Crippen LogP contribution in [0.4, 0.5) is 0 Å². The normalized spacial score (nSPS) is 23.7. The molecular weight excluding hydrogens is 242 g/mol. The predicted octanol–water partition coefficient (Wildman–Crippen LogP) is 0.0873. The first-order chi connectivity index (χ1) is 8.05. The third-order valence-corrected chi connectivity index (χ3v) is 4.63. The van der Waals surface area contributed by atoms with Crippen molar-refractivity contribution in [2.45, 2.75) is 32.2 Å². The maximum atomic E-state index is 11.4. The van der Waals surface area contributed by atoms with Crippen LogP contribution in [0.25, 0.3) is 0 Å². The van der Waals surface area contributed by atoms with Crippen LogP contribution in [0, 0.1) is 6.92 Å². The van der Waals surface area contributed by atoms with Crippen molar-refractivity contribution in [1.82, 2.24) is 15.5 Å². The van der Waals surface area contributed by atoms with Gasteiger partial charge in [0.15, 0.2) is 15.7 Å². The molecule has 1 saturated heterocycles. The number of sulfone groups is 1. The third-order valence-electron chi connectivity index (χ3n) is 2.80. The monoisotopic (exact) mass is 259 g/mol. The van der Waals surface area contributed by atoms with Crippen LogP contribution in [0.15, 0.2) is 4.52 Å². The van der Waals surface area contributed by atoms with Gasteiger partial charge >= 0.3 is 0 Å². The topological polar surface area (TPSA) is 85.1 Å². The molecule has 1 aliphatic rings. The van der Waals surface area contributed by atoms with Crippen LogP contribution in [0.1, 0.15) is 24.6 Å². The Labute approximate surface area is 101 Å². The molecule has 0 bridgehead atoms. The van der Waals surface area contributed by atoms with Crippen LogP contribution in [-0.2, 0) is 16.3 Å². The van der Waals surface area contributed by atoms with Gasteiger partial charge in [0.25, 0.3) is 0 Å². The minimum Gasteiger partial charge on any atom is -0.339 e. The molecule has 1 aromatic rings. The number of hydrogen-bond donors (Lipinski definition) is 1. The van der Waals surface area contributed by atoms with Crippen molar-refractivity contribution in [1.29, 1.82) is 0 Å². The highest BCUT2D eigenvalue weighted by atomic mass is 32.2. The summed E-state index contributed by atoms with van der Waals surface area (Å²) >= 11 is 0. The highest BCUT2D eigenvalue weighted by Gasteiger charge is 2.24. The van der Waals surface area contributed by atoms with Gasteiger partial charge in [0.1, 0.15) is 0 Å². The van der Waals surface area contributed by atoms with E-state index in [2.05, 4.69) is 15.5 Å². The lowest BCUT2D eigenvalue weighted by Gasteiger charge is -2.22. The number of hydrogen-bond acceptors (Lipinski definition) is 6. The second-order valence-corrected chi connectivity index (χ2v) is 6.62. The van der Waals surface area contributed by atoms with Crippen molar-refractivity contribution in [3.8, 4) is 0 Å². The Kier molecular flexibility index (Phi) is 3.78. The molecule has 1 atom stereocenters. The summed E-state index contributed by atoms with van der Waals surface area (Å²) in [6, 6.07) is 0.0674. The van der Waals surface area contributed by atoms with E-state index in [4.69, 9.17) is 4.52 Å². The van der Waals surface area contributed by atoms with Gasteiger partial charge in [-0.1, -0.05) is 5.16 Å². The molecule has 0 spiro atoms. The molecule has 0 saturated carbocycles. The molecule has 1 aliphatic heterocycles. The first-order valence-electron chi connectivity index (χ1n) is 5.78. The average molecular weight is 259 g/mol. The molecule has 1 unspecified atom stereocenters. The van der Waals surface area contributed by atoms with Gasteiger partial charge in [0.05, 0.1) is 11.5 Å². The van der Waals surface area contributed by atoms with Gasteiger partial charge in [-0.2, -0.15) is 4.98 Å². The smallest absolute Gasteiger partial charge is 0.227 e. The van der Waals surface area contributed by atoms with E-state index in [1.807, 2.05) is 0 Å². The van der Waals surface area contributed by atoms with E-state index < -0.39 is 9.84 Å². The second kappa shape index (κ2) is 5.14. The van der Waals surface area contributed by atoms with E-state index in [-0.39, 0.29) is 11.8 Å². The molecule has 0 aromatic carbocycles. The number of aryl methyl sites for hydroxylation is 1. The van der Waals surface area contributed by atoms with Crippen LogP contribution >= 0.6 is 0 Å². The van der Waals surface area contributed by atoms with Crippen molar-refractivity contribution < 1.29 is 12.9 Å². The summed E-state index contributed by atoms with van der Waals surface area (Å²) in [4.78, 5) is 4.09. The SMILES string of the molecule is Cc1noc(CCNC2CCCS(=O)(=O)C2)n1. The maximum Gasteiger partial charge on any atom is 0.227 e. The summed E-state index contributed by atoms with van der Waals surface area (Å²) in [5.41, 5.74) is 0. The molecule has 96 valence electrons. The summed E-state index contributed by atoms with van der Waals surface area (Å²) in [6.07, 6.45) is 2.30. The first-order valence-corrected chi connectivity index (χ1v) is 7.60. The zero-order valence-electron chi connectivity index (χ0n) is 9.85. The van der Waals surface area contributed by atoms with Crippen LogP contribution < -0.4 is 5.32 Å². The van der Waals surface area contributed by atoms with E-state index in [9.17, 15) is 8.42 Å². The maximum absolute atomic E-state index is 11.4. The van der Waals surface area contributed by atoms with Crippen LogP contribution in [0.2, 0.25) is 0 Å². The number of rotatable bonds is 4. The molecular formula is C10H17N3O3S. The van der Waals surface area contributed by atoms with E-state index in [1.165, 1.54) is 0 Å². The quantitative estimate of drug-likeness (QED) is 0.824. The highest BCUT2D eigenvalue weighted by Crippen LogP contribution is 2.11. The minimum atomic E-state index is -2.84. The van der Waals surface area contributed by atoms with Gasteiger partial charge in [-0.3, -0.25) is 0 Å². The van der Waals surface area contributed by atoms with Crippen LogP contribution in [-0.4, -0.2) is 42.7 Å². The van der Waals surface area contributed by atoms with Crippen molar-refractivity contribution in [3.63, 3.8) is 0 Å². The van der Waals surface area contributed by atoms with Crippen LogP contribution in [0.5, 0.6) is 0 Å². The fraction of sp³-hybridized carbons (Fsp3) is 0.800. The minimum absolute atomic E-state index is 0.0674. The molecule has 17 heavy (non-hydrogen) atoms. The first kappa shape index (κ1) is 12.5. The van der Waals surface area contributed by atoms with E-state index in [0.29, 0.717) is 30.4 Å². The lowest BCUT2D eigenvalue weighted by Crippen LogP contribution is -2.40. The molecule has 2 rings (SSSR count). The van der Waals surface area contributed by atoms with Gasteiger partial charge in [-0.25, -0.2) is 8.42 Å². The molecule has 0 aliphatic carbocycles. The molecule has 1 aromatic heterocycles. The van der Waals surface area contributed by atoms with E-state index >= 15 is 0 Å². The van der Waals surface area contributed by atoms with Crippen molar-refractivity contribution in [3.05, 3.63) is 11.7 Å². The van der Waals surface area contributed by atoms with E-state index in [1.54, 1.807) is 6.92 Å². The lowest BCUT2D eigenvalue weighted by molar-refractivity contribution is 0.368. The Hall–Kier alpha value is -0.950. The number of nitrogens with zero attached hydrogens (tertiary/aromatic N) is 2. The molecule has 1 fully saturated rings. The highest BCUT2D eigenvalue weighted by molar-refractivity contribution is 7.91. The van der Waals surface area contributed by atoms with Gasteiger partial charge in [-0.15, -0.1) is 0 Å². The Morgan fingerprint density at radius 1 is 1.53 bits per heavy atom. The Bertz CT molecular complexity index is 469. The predicted molar refractivity (Wildman–Crippen MR) is 62.4 cm³/mol. The summed E-state index contributed by atoms with van der Waals surface area (Å²) in [7, 11) is -2.84. The average Bonchev–Trinajstić information content (AvgIpc) is 2.63. The van der Waals surface area contributed by atoms with Gasteiger partial charge in [0, 0.05) is 19.0 Å². The van der Waals surface area contributed by atoms with Gasteiger partial charge in [-0.05, 0) is 19.8 Å². The second-order valence-electron chi connectivity index (χ2n) is 4.39. The molecule has 7 heteroatoms. The lowest BCUT2D eigenvalue weighted by atomic mass is 10.2. The molecule has 1 N–H and O–H groups in total. The summed E-state index contributed by atoms with van der Waals surface area (Å²) in [5, 5.41) is 6.92.